The van der Waals surface area contributed by atoms with Crippen LogP contribution in [-0.4, -0.2) is 37.5 Å². The average Bonchev–Trinajstić information content (AvgIpc) is 2.37. The molecule has 1 amide bonds. The minimum Gasteiger partial charge on any atom is -0.468 e. The zero-order valence-corrected chi connectivity index (χ0v) is 10.2. The number of esters is 1. The molecule has 1 aromatic rings. The Hall–Kier alpha value is -2.17. The van der Waals surface area contributed by atoms with Gasteiger partial charge in [0.2, 0.25) is 5.91 Å². The van der Waals surface area contributed by atoms with Crippen molar-refractivity contribution < 1.29 is 18.7 Å². The highest BCUT2D eigenvalue weighted by atomic mass is 19.1. The van der Waals surface area contributed by atoms with Gasteiger partial charge in [-0.15, -0.1) is 0 Å². The summed E-state index contributed by atoms with van der Waals surface area (Å²) in [5.74, 6) is -1.31. The number of hydrogen-bond acceptors (Lipinski definition) is 3. The van der Waals surface area contributed by atoms with Crippen LogP contribution in [0.3, 0.4) is 0 Å². The number of halogens is 1. The molecule has 4 nitrogen and oxygen atoms in total. The fourth-order valence-electron chi connectivity index (χ4n) is 1.23. The summed E-state index contributed by atoms with van der Waals surface area (Å²) in [6.07, 6.45) is 2.58. The number of methoxy groups -OCH3 is 1. The molecule has 1 aromatic carbocycles. The van der Waals surface area contributed by atoms with Crippen LogP contribution in [0, 0.1) is 5.82 Å². The summed E-state index contributed by atoms with van der Waals surface area (Å²) in [7, 11) is 2.71. The van der Waals surface area contributed by atoms with Crippen molar-refractivity contribution in [2.45, 2.75) is 0 Å². The van der Waals surface area contributed by atoms with Gasteiger partial charge in [0.05, 0.1) is 7.11 Å². The molecule has 18 heavy (non-hydrogen) atoms. The van der Waals surface area contributed by atoms with Gasteiger partial charge < -0.3 is 9.64 Å². The average molecular weight is 251 g/mol. The van der Waals surface area contributed by atoms with Gasteiger partial charge in [0.1, 0.15) is 12.4 Å². The van der Waals surface area contributed by atoms with Crippen molar-refractivity contribution in [1.29, 1.82) is 0 Å². The maximum Gasteiger partial charge on any atom is 0.325 e. The van der Waals surface area contributed by atoms with E-state index < -0.39 is 17.7 Å². The molecule has 0 aliphatic heterocycles. The second-order valence-electron chi connectivity index (χ2n) is 3.63. The summed E-state index contributed by atoms with van der Waals surface area (Å²) < 4.78 is 17.7. The van der Waals surface area contributed by atoms with E-state index in [-0.39, 0.29) is 6.54 Å². The zero-order chi connectivity index (χ0) is 13.5. The van der Waals surface area contributed by atoms with Gasteiger partial charge in [-0.3, -0.25) is 9.59 Å². The minimum absolute atomic E-state index is 0.142. The van der Waals surface area contributed by atoms with Crippen LogP contribution >= 0.6 is 0 Å². The molecule has 0 N–H and O–H groups in total. The lowest BCUT2D eigenvalue weighted by atomic mass is 10.2. The summed E-state index contributed by atoms with van der Waals surface area (Å²) in [6, 6.07) is 6.10. The van der Waals surface area contributed by atoms with E-state index in [4.69, 9.17) is 0 Å². The van der Waals surface area contributed by atoms with E-state index in [0.717, 1.165) is 0 Å². The van der Waals surface area contributed by atoms with Gasteiger partial charge in [-0.1, -0.05) is 18.2 Å². The van der Waals surface area contributed by atoms with Gasteiger partial charge in [-0.2, -0.15) is 0 Å². The van der Waals surface area contributed by atoms with Crippen LogP contribution in [0.4, 0.5) is 4.39 Å². The van der Waals surface area contributed by atoms with Crippen LogP contribution in [0.25, 0.3) is 6.08 Å². The predicted molar refractivity (Wildman–Crippen MR) is 65.1 cm³/mol. The molecule has 0 saturated carbocycles. The van der Waals surface area contributed by atoms with Crippen LogP contribution in [-0.2, 0) is 14.3 Å². The number of likely N-dealkylation sites (N-methyl/N-ethyl adjacent to an activating group) is 1. The maximum atomic E-state index is 13.3. The summed E-state index contributed by atoms with van der Waals surface area (Å²) in [6.45, 7) is -0.142. The van der Waals surface area contributed by atoms with E-state index in [1.165, 1.54) is 37.3 Å². The number of ether oxygens (including phenoxy) is 1. The SMILES string of the molecule is COC(=O)CN(C)C(=O)C=Cc1ccccc1F. The summed E-state index contributed by atoms with van der Waals surface area (Å²) in [5, 5.41) is 0. The molecular formula is C13H14FNO3. The van der Waals surface area contributed by atoms with Crippen LogP contribution in [0.15, 0.2) is 30.3 Å². The van der Waals surface area contributed by atoms with Crippen LogP contribution in [0.1, 0.15) is 5.56 Å². The predicted octanol–water partition coefficient (Wildman–Crippen LogP) is 1.47. The second kappa shape index (κ2) is 6.54. The van der Waals surface area contributed by atoms with E-state index in [1.54, 1.807) is 18.2 Å². The lowest BCUT2D eigenvalue weighted by molar-refractivity contribution is -0.144. The second-order valence-corrected chi connectivity index (χ2v) is 3.63. The highest BCUT2D eigenvalue weighted by molar-refractivity contribution is 5.93. The lowest BCUT2D eigenvalue weighted by Gasteiger charge is -2.12. The van der Waals surface area contributed by atoms with Crippen molar-refractivity contribution in [3.05, 3.63) is 41.7 Å². The Balaban J connectivity index is 2.65. The quantitative estimate of drug-likeness (QED) is 0.601. The van der Waals surface area contributed by atoms with Gasteiger partial charge in [-0.25, -0.2) is 4.39 Å². The van der Waals surface area contributed by atoms with Crippen molar-refractivity contribution in [3.63, 3.8) is 0 Å². The Bertz CT molecular complexity index is 471. The monoisotopic (exact) mass is 251 g/mol. The fraction of sp³-hybridized carbons (Fsp3) is 0.231. The Labute approximate surface area is 105 Å². The van der Waals surface area contributed by atoms with Crippen LogP contribution in [0.2, 0.25) is 0 Å². The molecular weight excluding hydrogens is 237 g/mol. The molecule has 0 heterocycles. The Morgan fingerprint density at radius 2 is 2.06 bits per heavy atom. The number of rotatable bonds is 4. The molecule has 0 atom stereocenters. The Kier molecular flexibility index (Phi) is 5.05. The first-order chi connectivity index (χ1) is 8.54. The topological polar surface area (TPSA) is 46.6 Å². The van der Waals surface area contributed by atoms with Gasteiger partial charge in [0.25, 0.3) is 0 Å². The van der Waals surface area contributed by atoms with Crippen molar-refractivity contribution >= 4 is 18.0 Å². The lowest BCUT2D eigenvalue weighted by Crippen LogP contribution is -2.31. The number of carbonyl (C=O) groups excluding carboxylic acids is 2. The number of amides is 1. The number of hydrogen-bond donors (Lipinski definition) is 0. The van der Waals surface area contributed by atoms with Gasteiger partial charge in [-0.05, 0) is 12.1 Å². The van der Waals surface area contributed by atoms with E-state index >= 15 is 0 Å². The standard InChI is InChI=1S/C13H14FNO3/c1-15(9-13(17)18-2)12(16)8-7-10-5-3-4-6-11(10)14/h3-8H,9H2,1-2H3. The first-order valence-corrected chi connectivity index (χ1v) is 5.29. The molecule has 0 aliphatic rings. The van der Waals surface area contributed by atoms with E-state index in [2.05, 4.69) is 4.74 Å². The third-order valence-corrected chi connectivity index (χ3v) is 2.28. The molecule has 0 fully saturated rings. The number of nitrogens with zero attached hydrogens (tertiary/aromatic N) is 1. The molecule has 0 radical (unpaired) electrons. The zero-order valence-electron chi connectivity index (χ0n) is 10.2. The highest BCUT2D eigenvalue weighted by Gasteiger charge is 2.10. The summed E-state index contributed by atoms with van der Waals surface area (Å²) in [5.41, 5.74) is 0.317. The third-order valence-electron chi connectivity index (χ3n) is 2.28. The number of carbonyl (C=O) groups is 2. The molecule has 0 saturated heterocycles. The molecule has 5 heteroatoms. The van der Waals surface area contributed by atoms with Crippen molar-refractivity contribution in [1.82, 2.24) is 4.90 Å². The smallest absolute Gasteiger partial charge is 0.325 e. The Morgan fingerprint density at radius 1 is 1.39 bits per heavy atom. The van der Waals surface area contributed by atoms with Crippen molar-refractivity contribution in [3.8, 4) is 0 Å². The fourth-order valence-corrected chi connectivity index (χ4v) is 1.23. The molecule has 0 aromatic heterocycles. The summed E-state index contributed by atoms with van der Waals surface area (Å²) >= 11 is 0. The molecule has 1 rings (SSSR count). The van der Waals surface area contributed by atoms with Gasteiger partial charge in [0.15, 0.2) is 0 Å². The van der Waals surface area contributed by atoms with E-state index in [9.17, 15) is 14.0 Å². The van der Waals surface area contributed by atoms with E-state index in [1.807, 2.05) is 0 Å². The molecule has 0 unspecified atom stereocenters. The number of benzene rings is 1. The molecule has 0 bridgehead atoms. The molecule has 0 spiro atoms. The normalized spacial score (nSPS) is 10.4. The highest BCUT2D eigenvalue weighted by Crippen LogP contribution is 2.08. The minimum atomic E-state index is -0.509. The van der Waals surface area contributed by atoms with Gasteiger partial charge >= 0.3 is 5.97 Å². The summed E-state index contributed by atoms with van der Waals surface area (Å²) in [4.78, 5) is 23.7. The largest absolute Gasteiger partial charge is 0.468 e. The first-order valence-electron chi connectivity index (χ1n) is 5.29. The van der Waals surface area contributed by atoms with Crippen molar-refractivity contribution in [2.24, 2.45) is 0 Å². The van der Waals surface area contributed by atoms with Crippen molar-refractivity contribution in [2.75, 3.05) is 20.7 Å². The first kappa shape index (κ1) is 13.9. The van der Waals surface area contributed by atoms with Crippen LogP contribution in [0.5, 0.6) is 0 Å². The maximum absolute atomic E-state index is 13.3. The third kappa shape index (κ3) is 4.01. The Morgan fingerprint density at radius 3 is 2.67 bits per heavy atom. The van der Waals surface area contributed by atoms with Gasteiger partial charge in [0, 0.05) is 18.7 Å². The molecule has 96 valence electrons. The van der Waals surface area contributed by atoms with Crippen LogP contribution < -0.4 is 0 Å². The van der Waals surface area contributed by atoms with E-state index in [0.29, 0.717) is 5.56 Å². The molecule has 0 aliphatic carbocycles.